The Morgan fingerprint density at radius 3 is 2.36 bits per heavy atom. The molecule has 4 heterocycles. The van der Waals surface area contributed by atoms with Gasteiger partial charge in [-0.15, -0.1) is 0 Å². The standard InChI is InChI=1S/C34H39ClN6O4/c1-34(2,3)45-33(43)41-17-13-23(14-18-41)40-15-11-22(12-16-40)39-32-29-27(20-36-31(29)37-21-38-32)30(42)26-10-9-25(19-28(26)35)44-24-7-5-4-6-8-24/h4-10,19-23H,11-18H2,1-3H3,(H2,36,37,38,39). The minimum absolute atomic E-state index is 0.206. The van der Waals surface area contributed by atoms with Crippen LogP contribution in [0.5, 0.6) is 11.5 Å². The van der Waals surface area contributed by atoms with Crippen molar-refractivity contribution in [2.45, 2.75) is 64.1 Å². The molecule has 0 bridgehead atoms. The summed E-state index contributed by atoms with van der Waals surface area (Å²) in [5.41, 5.74) is 0.938. The lowest BCUT2D eigenvalue weighted by Crippen LogP contribution is -2.51. The van der Waals surface area contributed by atoms with Gasteiger partial charge in [-0.25, -0.2) is 14.8 Å². The number of amides is 1. The number of nitrogens with zero attached hydrogens (tertiary/aromatic N) is 4. The molecule has 11 heteroatoms. The third-order valence-electron chi connectivity index (χ3n) is 8.38. The summed E-state index contributed by atoms with van der Waals surface area (Å²) in [7, 11) is 0. The molecule has 0 saturated carbocycles. The van der Waals surface area contributed by atoms with Crippen molar-refractivity contribution in [2.24, 2.45) is 0 Å². The number of hydrogen-bond acceptors (Lipinski definition) is 8. The number of piperidine rings is 2. The maximum absolute atomic E-state index is 13.7. The van der Waals surface area contributed by atoms with E-state index >= 15 is 0 Å². The first kappa shape index (κ1) is 30.9. The Morgan fingerprint density at radius 2 is 1.67 bits per heavy atom. The molecule has 2 N–H and O–H groups in total. The highest BCUT2D eigenvalue weighted by Crippen LogP contribution is 2.32. The predicted octanol–water partition coefficient (Wildman–Crippen LogP) is 6.91. The average Bonchev–Trinajstić information content (AvgIpc) is 3.46. The van der Waals surface area contributed by atoms with Crippen LogP contribution in [-0.4, -0.2) is 80.5 Å². The second kappa shape index (κ2) is 13.1. The molecule has 0 atom stereocenters. The lowest BCUT2D eigenvalue weighted by molar-refractivity contribution is 0.0129. The lowest BCUT2D eigenvalue weighted by Gasteiger charge is -2.42. The largest absolute Gasteiger partial charge is 0.457 e. The third kappa shape index (κ3) is 7.23. The number of para-hydroxylation sites is 1. The number of ketones is 1. The summed E-state index contributed by atoms with van der Waals surface area (Å²) in [5.74, 6) is 1.65. The molecule has 0 radical (unpaired) electrons. The summed E-state index contributed by atoms with van der Waals surface area (Å²) in [6, 6.07) is 15.2. The molecule has 2 saturated heterocycles. The summed E-state index contributed by atoms with van der Waals surface area (Å²) >= 11 is 6.59. The minimum Gasteiger partial charge on any atom is -0.457 e. The molecule has 2 aromatic heterocycles. The Balaban J connectivity index is 1.08. The number of carbonyl (C=O) groups excluding carboxylic acids is 2. The van der Waals surface area contributed by atoms with E-state index in [1.165, 1.54) is 6.33 Å². The molecule has 6 rings (SSSR count). The van der Waals surface area contributed by atoms with E-state index in [0.29, 0.717) is 63.6 Å². The number of aromatic nitrogens is 3. The molecule has 2 aromatic carbocycles. The van der Waals surface area contributed by atoms with Gasteiger partial charge in [0.1, 0.15) is 34.9 Å². The number of ether oxygens (including phenoxy) is 2. The Morgan fingerprint density at radius 1 is 0.933 bits per heavy atom. The van der Waals surface area contributed by atoms with Crippen LogP contribution in [0.25, 0.3) is 11.0 Å². The predicted molar refractivity (Wildman–Crippen MR) is 174 cm³/mol. The molecule has 0 spiro atoms. The molecule has 2 aliphatic heterocycles. The summed E-state index contributed by atoms with van der Waals surface area (Å²) in [5, 5.41) is 4.56. The van der Waals surface area contributed by atoms with E-state index in [1.54, 1.807) is 24.4 Å². The third-order valence-corrected chi connectivity index (χ3v) is 8.69. The van der Waals surface area contributed by atoms with Crippen molar-refractivity contribution in [1.29, 1.82) is 0 Å². The number of fused-ring (bicyclic) bond motifs is 1. The number of nitrogens with one attached hydrogen (secondary N) is 2. The Kier molecular flexibility index (Phi) is 8.96. The lowest BCUT2D eigenvalue weighted by atomic mass is 9.97. The fourth-order valence-corrected chi connectivity index (χ4v) is 6.36. The molecule has 2 aliphatic rings. The average molecular weight is 631 g/mol. The minimum atomic E-state index is -0.483. The molecule has 0 aliphatic carbocycles. The molecular formula is C34H39ClN6O4. The molecule has 236 valence electrons. The van der Waals surface area contributed by atoms with Gasteiger partial charge in [-0.2, -0.15) is 0 Å². The van der Waals surface area contributed by atoms with Gasteiger partial charge >= 0.3 is 6.09 Å². The zero-order valence-electron chi connectivity index (χ0n) is 25.9. The Hall–Kier alpha value is -4.15. The van der Waals surface area contributed by atoms with Gasteiger partial charge in [0.15, 0.2) is 5.78 Å². The highest BCUT2D eigenvalue weighted by atomic mass is 35.5. The fraction of sp³-hybridized carbons (Fsp3) is 0.412. The van der Waals surface area contributed by atoms with E-state index in [-0.39, 0.29) is 17.9 Å². The molecule has 45 heavy (non-hydrogen) atoms. The van der Waals surface area contributed by atoms with Crippen molar-refractivity contribution in [1.82, 2.24) is 24.8 Å². The van der Waals surface area contributed by atoms with Crippen LogP contribution < -0.4 is 10.1 Å². The zero-order valence-corrected chi connectivity index (χ0v) is 26.6. The van der Waals surface area contributed by atoms with Crippen LogP contribution in [0.4, 0.5) is 10.6 Å². The fourth-order valence-electron chi connectivity index (χ4n) is 6.11. The number of likely N-dealkylation sites (tertiary alicyclic amines) is 2. The van der Waals surface area contributed by atoms with Crippen molar-refractivity contribution in [2.75, 3.05) is 31.5 Å². The van der Waals surface area contributed by atoms with Gasteiger partial charge in [0, 0.05) is 56.1 Å². The first-order valence-corrected chi connectivity index (χ1v) is 15.9. The molecule has 0 unspecified atom stereocenters. The van der Waals surface area contributed by atoms with Crippen LogP contribution in [-0.2, 0) is 4.74 Å². The van der Waals surface area contributed by atoms with E-state index in [1.807, 2.05) is 56.0 Å². The Labute approximate surface area is 268 Å². The van der Waals surface area contributed by atoms with E-state index < -0.39 is 5.60 Å². The van der Waals surface area contributed by atoms with Crippen molar-refractivity contribution in [3.05, 3.63) is 77.2 Å². The second-order valence-corrected chi connectivity index (χ2v) is 13.1. The zero-order chi connectivity index (χ0) is 31.6. The maximum atomic E-state index is 13.7. The van der Waals surface area contributed by atoms with Crippen LogP contribution in [0.15, 0.2) is 61.1 Å². The number of carbonyl (C=O) groups is 2. The molecule has 1 amide bonds. The first-order chi connectivity index (χ1) is 21.6. The SMILES string of the molecule is CC(C)(C)OC(=O)N1CCC(N2CCC(Nc3ncnc4[nH]cc(C(=O)c5ccc(Oc6ccccc6)cc5Cl)c34)CC2)CC1. The Bertz CT molecular complexity index is 1650. The monoisotopic (exact) mass is 630 g/mol. The van der Waals surface area contributed by atoms with Gasteiger partial charge in [-0.05, 0) is 70.7 Å². The van der Waals surface area contributed by atoms with Crippen LogP contribution >= 0.6 is 11.6 Å². The first-order valence-electron chi connectivity index (χ1n) is 15.5. The number of H-pyrrole nitrogens is 1. The van der Waals surface area contributed by atoms with Gasteiger partial charge in [0.05, 0.1) is 16.0 Å². The van der Waals surface area contributed by atoms with Crippen molar-refractivity contribution < 1.29 is 19.1 Å². The van der Waals surface area contributed by atoms with E-state index in [0.717, 1.165) is 38.8 Å². The quantitative estimate of drug-likeness (QED) is 0.212. The van der Waals surface area contributed by atoms with Crippen molar-refractivity contribution in [3.63, 3.8) is 0 Å². The van der Waals surface area contributed by atoms with Gasteiger partial charge < -0.3 is 29.6 Å². The number of benzene rings is 2. The topological polar surface area (TPSA) is 113 Å². The van der Waals surface area contributed by atoms with Gasteiger partial charge in [0.2, 0.25) is 0 Å². The summed E-state index contributed by atoms with van der Waals surface area (Å²) in [6.07, 6.45) is 6.73. The van der Waals surface area contributed by atoms with Crippen LogP contribution in [0.1, 0.15) is 62.4 Å². The summed E-state index contributed by atoms with van der Waals surface area (Å²) in [6.45, 7) is 9.03. The van der Waals surface area contributed by atoms with Gasteiger partial charge in [-0.3, -0.25) is 4.79 Å². The smallest absolute Gasteiger partial charge is 0.410 e. The van der Waals surface area contributed by atoms with E-state index in [2.05, 4.69) is 25.2 Å². The highest BCUT2D eigenvalue weighted by molar-refractivity contribution is 6.35. The molecule has 10 nitrogen and oxygen atoms in total. The second-order valence-electron chi connectivity index (χ2n) is 12.7. The summed E-state index contributed by atoms with van der Waals surface area (Å²) < 4.78 is 11.4. The van der Waals surface area contributed by atoms with E-state index in [9.17, 15) is 9.59 Å². The number of anilines is 1. The number of rotatable bonds is 7. The number of aromatic amines is 1. The van der Waals surface area contributed by atoms with E-state index in [4.69, 9.17) is 21.1 Å². The highest BCUT2D eigenvalue weighted by Gasteiger charge is 2.32. The normalized spacial score (nSPS) is 16.9. The van der Waals surface area contributed by atoms with Crippen molar-refractivity contribution in [3.8, 4) is 11.5 Å². The van der Waals surface area contributed by atoms with Crippen LogP contribution in [0, 0.1) is 0 Å². The molecule has 4 aromatic rings. The summed E-state index contributed by atoms with van der Waals surface area (Å²) in [4.78, 5) is 42.6. The molecular weight excluding hydrogens is 592 g/mol. The van der Waals surface area contributed by atoms with Crippen LogP contribution in [0.2, 0.25) is 5.02 Å². The van der Waals surface area contributed by atoms with Crippen molar-refractivity contribution >= 4 is 40.3 Å². The number of hydrogen-bond donors (Lipinski definition) is 2. The van der Waals surface area contributed by atoms with Gasteiger partial charge in [0.25, 0.3) is 0 Å². The molecule has 2 fully saturated rings. The van der Waals surface area contributed by atoms with Gasteiger partial charge in [-0.1, -0.05) is 29.8 Å². The number of halogens is 1. The van der Waals surface area contributed by atoms with Crippen LogP contribution in [0.3, 0.4) is 0 Å². The maximum Gasteiger partial charge on any atom is 0.410 e.